The van der Waals surface area contributed by atoms with E-state index in [9.17, 15) is 4.79 Å². The molecule has 0 aromatic heterocycles. The van der Waals surface area contributed by atoms with Crippen LogP contribution in [0.3, 0.4) is 0 Å². The number of Topliss-reactive ketones (excluding diaryl/α,β-unsaturated/α-hetero) is 1. The van der Waals surface area contributed by atoms with E-state index in [-0.39, 0.29) is 0 Å². The number of benzene rings is 1. The fourth-order valence-electron chi connectivity index (χ4n) is 2.53. The highest BCUT2D eigenvalue weighted by Crippen LogP contribution is 2.26. The van der Waals surface area contributed by atoms with Gasteiger partial charge in [-0.3, -0.25) is 4.79 Å². The molecule has 0 spiro atoms. The molecular weight excluding hydrogens is 196 g/mol. The highest BCUT2D eigenvalue weighted by Gasteiger charge is 2.23. The molecule has 1 aromatic rings. The summed E-state index contributed by atoms with van der Waals surface area (Å²) in [7, 11) is 0. The van der Waals surface area contributed by atoms with Crippen LogP contribution in [0.2, 0.25) is 0 Å². The standard InChI is InChI=1S/C15H20O/c1-2-3-8-15(16)14-10-9-12-6-4-5-7-13(12)11-14/h4-7,14H,2-3,8-11H2,1H3. The summed E-state index contributed by atoms with van der Waals surface area (Å²) in [6.07, 6.45) is 6.06. The molecule has 0 heterocycles. The number of fused-ring (bicyclic) bond motifs is 1. The van der Waals surface area contributed by atoms with Crippen molar-refractivity contribution in [3.63, 3.8) is 0 Å². The van der Waals surface area contributed by atoms with Crippen molar-refractivity contribution >= 4 is 5.78 Å². The van der Waals surface area contributed by atoms with Crippen LogP contribution in [-0.4, -0.2) is 5.78 Å². The molecule has 1 heteroatoms. The van der Waals surface area contributed by atoms with Crippen molar-refractivity contribution in [3.05, 3.63) is 35.4 Å². The largest absolute Gasteiger partial charge is 0.299 e. The van der Waals surface area contributed by atoms with Crippen molar-refractivity contribution in [1.82, 2.24) is 0 Å². The van der Waals surface area contributed by atoms with Crippen molar-refractivity contribution in [3.8, 4) is 0 Å². The molecule has 0 aliphatic heterocycles. The molecular formula is C15H20O. The van der Waals surface area contributed by atoms with Crippen LogP contribution in [0.1, 0.15) is 43.7 Å². The molecule has 1 nitrogen and oxygen atoms in total. The maximum atomic E-state index is 12.0. The first-order valence-corrected chi connectivity index (χ1v) is 6.40. The highest BCUT2D eigenvalue weighted by atomic mass is 16.1. The van der Waals surface area contributed by atoms with Crippen LogP contribution in [0.25, 0.3) is 0 Å². The van der Waals surface area contributed by atoms with E-state index in [0.717, 1.165) is 38.5 Å². The molecule has 0 N–H and O–H groups in total. The number of ketones is 1. The van der Waals surface area contributed by atoms with Crippen molar-refractivity contribution in [1.29, 1.82) is 0 Å². The first kappa shape index (κ1) is 11.4. The van der Waals surface area contributed by atoms with Gasteiger partial charge in [0.25, 0.3) is 0 Å². The van der Waals surface area contributed by atoms with Crippen molar-refractivity contribution in [2.24, 2.45) is 5.92 Å². The van der Waals surface area contributed by atoms with Crippen LogP contribution < -0.4 is 0 Å². The van der Waals surface area contributed by atoms with E-state index in [1.54, 1.807) is 0 Å². The summed E-state index contributed by atoms with van der Waals surface area (Å²) in [5.41, 5.74) is 2.84. The van der Waals surface area contributed by atoms with Gasteiger partial charge in [0.15, 0.2) is 0 Å². The molecule has 0 bridgehead atoms. The Balaban J connectivity index is 1.99. The van der Waals surface area contributed by atoms with Crippen LogP contribution >= 0.6 is 0 Å². The molecule has 0 saturated carbocycles. The van der Waals surface area contributed by atoms with Gasteiger partial charge in [-0.15, -0.1) is 0 Å². The monoisotopic (exact) mass is 216 g/mol. The smallest absolute Gasteiger partial charge is 0.136 e. The molecule has 0 radical (unpaired) electrons. The van der Waals surface area contributed by atoms with Crippen LogP contribution in [-0.2, 0) is 17.6 Å². The lowest BCUT2D eigenvalue weighted by atomic mass is 9.81. The summed E-state index contributed by atoms with van der Waals surface area (Å²) in [5.74, 6) is 0.776. The Bertz CT molecular complexity index is 367. The first-order valence-electron chi connectivity index (χ1n) is 6.40. The minimum Gasteiger partial charge on any atom is -0.299 e. The van der Waals surface area contributed by atoms with Crippen molar-refractivity contribution < 1.29 is 4.79 Å². The molecule has 1 unspecified atom stereocenters. The Kier molecular flexibility index (Phi) is 3.76. The van der Waals surface area contributed by atoms with Gasteiger partial charge in [0.1, 0.15) is 5.78 Å². The SMILES string of the molecule is CCCCC(=O)C1CCc2ccccc2C1. The molecule has 1 aliphatic rings. The van der Waals surface area contributed by atoms with Gasteiger partial charge in [-0.1, -0.05) is 37.6 Å². The fraction of sp³-hybridized carbons (Fsp3) is 0.533. The molecule has 1 aliphatic carbocycles. The Hall–Kier alpha value is -1.11. The summed E-state index contributed by atoms with van der Waals surface area (Å²) >= 11 is 0. The second-order valence-corrected chi connectivity index (χ2v) is 4.78. The normalized spacial score (nSPS) is 19.2. The lowest BCUT2D eigenvalue weighted by molar-refractivity contribution is -0.123. The van der Waals surface area contributed by atoms with Crippen LogP contribution in [0.15, 0.2) is 24.3 Å². The third kappa shape index (κ3) is 2.52. The fourth-order valence-corrected chi connectivity index (χ4v) is 2.53. The second kappa shape index (κ2) is 5.29. The van der Waals surface area contributed by atoms with E-state index < -0.39 is 0 Å². The predicted molar refractivity (Wildman–Crippen MR) is 66.5 cm³/mol. The van der Waals surface area contributed by atoms with E-state index in [1.807, 2.05) is 0 Å². The molecule has 0 saturated heterocycles. The number of unbranched alkanes of at least 4 members (excludes halogenated alkanes) is 1. The zero-order valence-electron chi connectivity index (χ0n) is 10.0. The van der Waals surface area contributed by atoms with Gasteiger partial charge >= 0.3 is 0 Å². The minimum atomic E-state index is 0.293. The molecule has 1 atom stereocenters. The summed E-state index contributed by atoms with van der Waals surface area (Å²) in [5, 5.41) is 0. The Morgan fingerprint density at radius 3 is 2.81 bits per heavy atom. The van der Waals surface area contributed by atoms with Gasteiger partial charge < -0.3 is 0 Å². The van der Waals surface area contributed by atoms with Gasteiger partial charge in [0, 0.05) is 12.3 Å². The third-order valence-electron chi connectivity index (χ3n) is 3.58. The topological polar surface area (TPSA) is 17.1 Å². The summed E-state index contributed by atoms with van der Waals surface area (Å²) in [6.45, 7) is 2.14. The molecule has 1 aromatic carbocycles. The van der Waals surface area contributed by atoms with Gasteiger partial charge in [0.2, 0.25) is 0 Å². The predicted octanol–water partition coefficient (Wildman–Crippen LogP) is 3.55. The van der Waals surface area contributed by atoms with Gasteiger partial charge in [-0.25, -0.2) is 0 Å². The lowest BCUT2D eigenvalue weighted by Gasteiger charge is -2.23. The Morgan fingerprint density at radius 1 is 1.31 bits per heavy atom. The van der Waals surface area contributed by atoms with E-state index >= 15 is 0 Å². The third-order valence-corrected chi connectivity index (χ3v) is 3.58. The second-order valence-electron chi connectivity index (χ2n) is 4.78. The van der Waals surface area contributed by atoms with Crippen LogP contribution in [0.4, 0.5) is 0 Å². The first-order chi connectivity index (χ1) is 7.81. The number of hydrogen-bond acceptors (Lipinski definition) is 1. The quantitative estimate of drug-likeness (QED) is 0.752. The summed E-state index contributed by atoms with van der Waals surface area (Å²) in [4.78, 5) is 12.0. The average Bonchev–Trinajstić information content (AvgIpc) is 2.35. The number of rotatable bonds is 4. The number of hydrogen-bond donors (Lipinski definition) is 0. The van der Waals surface area contributed by atoms with Gasteiger partial charge in [-0.2, -0.15) is 0 Å². The zero-order chi connectivity index (χ0) is 11.4. The summed E-state index contributed by atoms with van der Waals surface area (Å²) < 4.78 is 0. The van der Waals surface area contributed by atoms with E-state index in [4.69, 9.17) is 0 Å². The van der Waals surface area contributed by atoms with Crippen molar-refractivity contribution in [2.75, 3.05) is 0 Å². The molecule has 0 fully saturated rings. The Morgan fingerprint density at radius 2 is 2.06 bits per heavy atom. The maximum Gasteiger partial charge on any atom is 0.136 e. The number of aryl methyl sites for hydroxylation is 1. The molecule has 86 valence electrons. The molecule has 16 heavy (non-hydrogen) atoms. The van der Waals surface area contributed by atoms with Gasteiger partial charge in [0.05, 0.1) is 0 Å². The van der Waals surface area contributed by atoms with E-state index in [1.165, 1.54) is 11.1 Å². The van der Waals surface area contributed by atoms with Crippen molar-refractivity contribution in [2.45, 2.75) is 45.4 Å². The van der Waals surface area contributed by atoms with E-state index in [2.05, 4.69) is 31.2 Å². The zero-order valence-corrected chi connectivity index (χ0v) is 10.0. The summed E-state index contributed by atoms with van der Waals surface area (Å²) in [6, 6.07) is 8.55. The minimum absolute atomic E-state index is 0.293. The maximum absolute atomic E-state index is 12.0. The highest BCUT2D eigenvalue weighted by molar-refractivity contribution is 5.81. The number of carbonyl (C=O) groups is 1. The lowest BCUT2D eigenvalue weighted by Crippen LogP contribution is -2.22. The average molecular weight is 216 g/mol. The molecule has 0 amide bonds. The van der Waals surface area contributed by atoms with Crippen LogP contribution in [0, 0.1) is 5.92 Å². The van der Waals surface area contributed by atoms with Gasteiger partial charge in [-0.05, 0) is 36.8 Å². The number of carbonyl (C=O) groups excluding carboxylic acids is 1. The Labute approximate surface area is 97.9 Å². The van der Waals surface area contributed by atoms with E-state index in [0.29, 0.717) is 11.7 Å². The van der Waals surface area contributed by atoms with Crippen LogP contribution in [0.5, 0.6) is 0 Å². The molecule has 2 rings (SSSR count).